The highest BCUT2D eigenvalue weighted by atomic mass is 32.1. The van der Waals surface area contributed by atoms with E-state index in [1.54, 1.807) is 30.4 Å². The molecule has 30 heavy (non-hydrogen) atoms. The van der Waals surface area contributed by atoms with Gasteiger partial charge in [0.05, 0.1) is 23.5 Å². The van der Waals surface area contributed by atoms with Crippen molar-refractivity contribution < 1.29 is 19.5 Å². The fourth-order valence-electron chi connectivity index (χ4n) is 3.43. The predicted octanol–water partition coefficient (Wildman–Crippen LogP) is 1.90. The molecule has 4 N–H and O–H groups in total. The molecule has 10 heteroatoms. The molecule has 1 atom stereocenters. The Balaban J connectivity index is 2.18. The van der Waals surface area contributed by atoms with Crippen molar-refractivity contribution in [2.24, 2.45) is 5.73 Å². The molecule has 0 fully saturated rings. The first-order chi connectivity index (χ1) is 14.3. The zero-order chi connectivity index (χ0) is 21.8. The van der Waals surface area contributed by atoms with E-state index in [0.29, 0.717) is 12.2 Å². The van der Waals surface area contributed by atoms with Crippen molar-refractivity contribution in [1.29, 1.82) is 0 Å². The highest BCUT2D eigenvalue weighted by Gasteiger charge is 2.43. The van der Waals surface area contributed by atoms with E-state index < -0.39 is 23.8 Å². The number of aliphatic carboxylic acids is 1. The zero-order valence-corrected chi connectivity index (χ0v) is 17.5. The number of pyridine rings is 1. The largest absolute Gasteiger partial charge is 0.478 e. The molecule has 9 nitrogen and oxygen atoms in total. The van der Waals surface area contributed by atoms with Crippen LogP contribution in [0.15, 0.2) is 46.6 Å². The first-order valence-electron chi connectivity index (χ1n) is 9.39. The topological polar surface area (TPSA) is 129 Å². The zero-order valence-electron chi connectivity index (χ0n) is 16.7. The third-order valence-corrected chi connectivity index (χ3v) is 5.58. The average Bonchev–Trinajstić information content (AvgIpc) is 3.23. The third-order valence-electron chi connectivity index (χ3n) is 4.87. The standard InChI is InChI=1S/C20H23N5O4S/c1-3-24-19(27)17(23-14-10-22-7-4-12(14)2)16(20(28)29)18(13-6-9-30-11-13)25(24)8-5-15(21)26/h4,6-7,9-11,18,23H,3,5,8H2,1-2H3,(H2,21,26)(H,28,29). The van der Waals surface area contributed by atoms with Crippen molar-refractivity contribution >= 4 is 34.8 Å². The van der Waals surface area contributed by atoms with Crippen molar-refractivity contribution in [2.75, 3.05) is 18.4 Å². The maximum Gasteiger partial charge on any atom is 0.335 e. The molecule has 2 aromatic heterocycles. The molecule has 158 valence electrons. The Morgan fingerprint density at radius 1 is 1.37 bits per heavy atom. The SMILES string of the molecule is CCN1C(=O)C(Nc2cnccc2C)=C(C(=O)O)C(c2ccsc2)N1CCC(N)=O. The van der Waals surface area contributed by atoms with Gasteiger partial charge >= 0.3 is 5.97 Å². The minimum atomic E-state index is -1.22. The normalized spacial score (nSPS) is 17.3. The van der Waals surface area contributed by atoms with E-state index in [4.69, 9.17) is 5.73 Å². The number of likely N-dealkylation sites (N-methyl/N-ethyl adjacent to an activating group) is 1. The number of carbonyl (C=O) groups is 3. The second-order valence-electron chi connectivity index (χ2n) is 6.77. The van der Waals surface area contributed by atoms with E-state index >= 15 is 0 Å². The Kier molecular flexibility index (Phi) is 6.48. The fraction of sp³-hybridized carbons (Fsp3) is 0.300. The maximum absolute atomic E-state index is 13.3. The predicted molar refractivity (Wildman–Crippen MR) is 112 cm³/mol. The summed E-state index contributed by atoms with van der Waals surface area (Å²) in [6.45, 7) is 4.04. The van der Waals surface area contributed by atoms with Gasteiger partial charge in [-0.1, -0.05) is 0 Å². The van der Waals surface area contributed by atoms with Gasteiger partial charge in [-0.15, -0.1) is 0 Å². The van der Waals surface area contributed by atoms with Crippen molar-refractivity contribution in [3.05, 3.63) is 57.7 Å². The number of hydrogen-bond acceptors (Lipinski definition) is 7. The van der Waals surface area contributed by atoms with Crippen LogP contribution in [0.3, 0.4) is 0 Å². The number of carboxylic acids is 1. The van der Waals surface area contributed by atoms with Gasteiger partial charge in [0.25, 0.3) is 5.91 Å². The van der Waals surface area contributed by atoms with Crippen molar-refractivity contribution in [1.82, 2.24) is 15.0 Å². The number of carbonyl (C=O) groups excluding carboxylic acids is 2. The minimum Gasteiger partial charge on any atom is -0.478 e. The van der Waals surface area contributed by atoms with Crippen LogP contribution in [-0.4, -0.2) is 51.0 Å². The molecule has 2 amide bonds. The monoisotopic (exact) mass is 429 g/mol. The molecule has 1 aliphatic heterocycles. The molecule has 0 aromatic carbocycles. The Bertz CT molecular complexity index is 989. The van der Waals surface area contributed by atoms with Crippen LogP contribution in [0, 0.1) is 6.92 Å². The van der Waals surface area contributed by atoms with Crippen LogP contribution in [-0.2, 0) is 14.4 Å². The highest BCUT2D eigenvalue weighted by Crippen LogP contribution is 2.38. The number of nitrogens with two attached hydrogens (primary N) is 1. The van der Waals surface area contributed by atoms with Crippen LogP contribution >= 0.6 is 11.3 Å². The number of primary amides is 1. The van der Waals surface area contributed by atoms with Gasteiger partial charge < -0.3 is 16.2 Å². The maximum atomic E-state index is 13.3. The van der Waals surface area contributed by atoms with E-state index in [0.717, 1.165) is 11.1 Å². The first kappa shape index (κ1) is 21.5. The summed E-state index contributed by atoms with van der Waals surface area (Å²) in [7, 11) is 0. The van der Waals surface area contributed by atoms with E-state index in [-0.39, 0.29) is 24.2 Å². The molecule has 2 aromatic rings. The first-order valence-corrected chi connectivity index (χ1v) is 10.3. The number of carboxylic acid groups (broad SMARTS) is 1. The van der Waals surface area contributed by atoms with Gasteiger partial charge in [0.2, 0.25) is 5.91 Å². The van der Waals surface area contributed by atoms with E-state index in [2.05, 4.69) is 10.3 Å². The molecule has 3 rings (SSSR count). The summed E-state index contributed by atoms with van der Waals surface area (Å²) in [5.41, 5.74) is 7.30. The van der Waals surface area contributed by atoms with Gasteiger partial charge in [0.1, 0.15) is 5.70 Å². The molecule has 1 aliphatic rings. The average molecular weight is 430 g/mol. The van der Waals surface area contributed by atoms with Crippen LogP contribution in [0.1, 0.15) is 30.5 Å². The minimum absolute atomic E-state index is 0.0121. The summed E-state index contributed by atoms with van der Waals surface area (Å²) >= 11 is 1.42. The Labute approximate surface area is 177 Å². The quantitative estimate of drug-likeness (QED) is 0.584. The van der Waals surface area contributed by atoms with Crippen molar-refractivity contribution in [3.8, 4) is 0 Å². The Morgan fingerprint density at radius 2 is 2.13 bits per heavy atom. The fourth-order valence-corrected chi connectivity index (χ4v) is 4.11. The van der Waals surface area contributed by atoms with Gasteiger partial charge in [-0.25, -0.2) is 9.80 Å². The molecule has 0 bridgehead atoms. The van der Waals surface area contributed by atoms with Gasteiger partial charge in [-0.2, -0.15) is 11.3 Å². The number of hydrogen-bond donors (Lipinski definition) is 3. The lowest BCUT2D eigenvalue weighted by molar-refractivity contribution is -0.155. The summed E-state index contributed by atoms with van der Waals surface area (Å²) in [6.07, 6.45) is 3.15. The summed E-state index contributed by atoms with van der Waals surface area (Å²) in [4.78, 5) is 41.2. The number of thiophene rings is 1. The second kappa shape index (κ2) is 9.06. The number of rotatable bonds is 8. The smallest absolute Gasteiger partial charge is 0.335 e. The van der Waals surface area contributed by atoms with Crippen LogP contribution in [0.25, 0.3) is 0 Å². The lowest BCUT2D eigenvalue weighted by Crippen LogP contribution is -2.55. The molecule has 0 spiro atoms. The number of hydrazine groups is 1. The van der Waals surface area contributed by atoms with E-state index in [1.165, 1.54) is 16.3 Å². The summed E-state index contributed by atoms with van der Waals surface area (Å²) in [5, 5.41) is 19.8. The lowest BCUT2D eigenvalue weighted by atomic mass is 9.95. The van der Waals surface area contributed by atoms with Crippen molar-refractivity contribution in [2.45, 2.75) is 26.3 Å². The number of aryl methyl sites for hydroxylation is 1. The lowest BCUT2D eigenvalue weighted by Gasteiger charge is -2.44. The Morgan fingerprint density at radius 3 is 2.70 bits per heavy atom. The molecule has 3 heterocycles. The summed E-state index contributed by atoms with van der Waals surface area (Å²) in [5.74, 6) is -2.24. The molecule has 0 saturated heterocycles. The molecule has 0 radical (unpaired) electrons. The molecular formula is C20H23N5O4S. The molecule has 1 unspecified atom stereocenters. The van der Waals surface area contributed by atoms with Crippen LogP contribution < -0.4 is 11.1 Å². The number of amides is 2. The van der Waals surface area contributed by atoms with Crippen LogP contribution in [0.5, 0.6) is 0 Å². The van der Waals surface area contributed by atoms with Crippen LogP contribution in [0.4, 0.5) is 5.69 Å². The Hall–Kier alpha value is -3.24. The molecule has 0 aliphatic carbocycles. The molecular weight excluding hydrogens is 406 g/mol. The van der Waals surface area contributed by atoms with E-state index in [9.17, 15) is 19.5 Å². The molecule has 0 saturated carbocycles. The number of aromatic nitrogens is 1. The van der Waals surface area contributed by atoms with Gasteiger partial charge in [-0.05, 0) is 47.9 Å². The van der Waals surface area contributed by atoms with Gasteiger partial charge in [0.15, 0.2) is 0 Å². The van der Waals surface area contributed by atoms with Crippen molar-refractivity contribution in [3.63, 3.8) is 0 Å². The number of nitrogens with zero attached hydrogens (tertiary/aromatic N) is 3. The van der Waals surface area contributed by atoms with Crippen LogP contribution in [0.2, 0.25) is 0 Å². The summed E-state index contributed by atoms with van der Waals surface area (Å²) in [6, 6.07) is 2.82. The number of nitrogens with one attached hydrogen (secondary N) is 1. The third kappa shape index (κ3) is 4.19. The summed E-state index contributed by atoms with van der Waals surface area (Å²) < 4.78 is 0. The highest BCUT2D eigenvalue weighted by molar-refractivity contribution is 7.08. The van der Waals surface area contributed by atoms with E-state index in [1.807, 2.05) is 23.8 Å². The van der Waals surface area contributed by atoms with Gasteiger partial charge in [0, 0.05) is 25.7 Å². The second-order valence-corrected chi connectivity index (χ2v) is 7.55. The number of anilines is 1. The van der Waals surface area contributed by atoms with Gasteiger partial charge in [-0.3, -0.25) is 19.6 Å².